The van der Waals surface area contributed by atoms with E-state index in [2.05, 4.69) is 15.5 Å². The lowest BCUT2D eigenvalue weighted by Gasteiger charge is -2.17. The molecule has 2 amide bonds. The van der Waals surface area contributed by atoms with Crippen LogP contribution >= 0.6 is 11.8 Å². The maximum Gasteiger partial charge on any atom is 0.252 e. The number of amides is 2. The Morgan fingerprint density at radius 3 is 2.74 bits per heavy atom. The number of primary amides is 1. The highest BCUT2D eigenvalue weighted by Crippen LogP contribution is 2.21. The fraction of sp³-hybridized carbons (Fsp3) is 0.200. The standard InChI is InChI=1S/C25H25N5O3S/c1-34-14-12-20(24-29-28-22-11-4-5-13-30(22)24)27-25(32)18-8-6-7-17(15-18)16-33-21-10-3-2-9-19(21)23(26)31/h2-11,13,15,20H,12,14,16H2,1H3,(H2,26,31)(H,27,32). The summed E-state index contributed by atoms with van der Waals surface area (Å²) in [5.41, 5.74) is 7.76. The molecule has 34 heavy (non-hydrogen) atoms. The van der Waals surface area contributed by atoms with E-state index in [1.54, 1.807) is 54.2 Å². The molecule has 174 valence electrons. The van der Waals surface area contributed by atoms with Crippen LogP contribution in [0.1, 0.15) is 44.6 Å². The summed E-state index contributed by atoms with van der Waals surface area (Å²) >= 11 is 1.71. The quantitative estimate of drug-likeness (QED) is 0.362. The molecule has 0 aliphatic rings. The molecule has 0 fully saturated rings. The third-order valence-corrected chi connectivity index (χ3v) is 5.95. The van der Waals surface area contributed by atoms with E-state index in [0.717, 1.165) is 23.4 Å². The molecule has 0 saturated heterocycles. The predicted molar refractivity (Wildman–Crippen MR) is 132 cm³/mol. The molecule has 2 aromatic heterocycles. The van der Waals surface area contributed by atoms with Crippen molar-refractivity contribution in [3.63, 3.8) is 0 Å². The van der Waals surface area contributed by atoms with Gasteiger partial charge in [-0.05, 0) is 60.4 Å². The molecule has 1 unspecified atom stereocenters. The second-order valence-electron chi connectivity index (χ2n) is 7.64. The van der Waals surface area contributed by atoms with Crippen molar-refractivity contribution in [2.24, 2.45) is 5.73 Å². The Balaban J connectivity index is 1.50. The normalized spacial score (nSPS) is 11.8. The number of carbonyl (C=O) groups is 2. The van der Waals surface area contributed by atoms with Gasteiger partial charge in [0.05, 0.1) is 11.6 Å². The fourth-order valence-corrected chi connectivity index (χ4v) is 4.07. The van der Waals surface area contributed by atoms with Gasteiger partial charge in [-0.25, -0.2) is 0 Å². The monoisotopic (exact) mass is 475 g/mol. The maximum absolute atomic E-state index is 13.1. The molecule has 0 aliphatic carbocycles. The van der Waals surface area contributed by atoms with Gasteiger partial charge in [-0.2, -0.15) is 11.8 Å². The number of nitrogens with one attached hydrogen (secondary N) is 1. The minimum absolute atomic E-state index is 0.191. The smallest absolute Gasteiger partial charge is 0.252 e. The predicted octanol–water partition coefficient (Wildman–Crippen LogP) is 3.63. The van der Waals surface area contributed by atoms with Gasteiger partial charge >= 0.3 is 0 Å². The first kappa shape index (κ1) is 23.3. The van der Waals surface area contributed by atoms with Crippen LogP contribution in [-0.2, 0) is 6.61 Å². The van der Waals surface area contributed by atoms with Gasteiger partial charge in [0.25, 0.3) is 11.8 Å². The largest absolute Gasteiger partial charge is 0.488 e. The molecule has 1 atom stereocenters. The van der Waals surface area contributed by atoms with Gasteiger partial charge in [-0.15, -0.1) is 10.2 Å². The van der Waals surface area contributed by atoms with Crippen molar-refractivity contribution < 1.29 is 14.3 Å². The Morgan fingerprint density at radius 1 is 1.09 bits per heavy atom. The Bertz CT molecular complexity index is 1310. The summed E-state index contributed by atoms with van der Waals surface area (Å²) in [5, 5.41) is 11.7. The molecule has 0 saturated carbocycles. The summed E-state index contributed by atoms with van der Waals surface area (Å²) in [6.45, 7) is 0.191. The zero-order chi connectivity index (χ0) is 23.9. The molecule has 0 bridgehead atoms. The van der Waals surface area contributed by atoms with Crippen molar-refractivity contribution in [2.75, 3.05) is 12.0 Å². The molecule has 4 aromatic rings. The number of ether oxygens (including phenoxy) is 1. The summed E-state index contributed by atoms with van der Waals surface area (Å²) in [4.78, 5) is 24.8. The molecular formula is C25H25N5O3S. The lowest BCUT2D eigenvalue weighted by Crippen LogP contribution is -2.30. The molecule has 2 aromatic carbocycles. The van der Waals surface area contributed by atoms with E-state index in [0.29, 0.717) is 22.7 Å². The summed E-state index contributed by atoms with van der Waals surface area (Å²) in [6.07, 6.45) is 4.64. The Morgan fingerprint density at radius 2 is 1.91 bits per heavy atom. The summed E-state index contributed by atoms with van der Waals surface area (Å²) < 4.78 is 7.70. The SMILES string of the molecule is CSCCC(NC(=O)c1cccc(COc2ccccc2C(N)=O)c1)c1nnc2ccccn12. The van der Waals surface area contributed by atoms with E-state index in [9.17, 15) is 9.59 Å². The molecule has 0 spiro atoms. The van der Waals surface area contributed by atoms with Crippen LogP contribution in [0.5, 0.6) is 5.75 Å². The van der Waals surface area contributed by atoms with Gasteiger partial charge < -0.3 is 15.8 Å². The van der Waals surface area contributed by atoms with Crippen molar-refractivity contribution in [2.45, 2.75) is 19.1 Å². The lowest BCUT2D eigenvalue weighted by atomic mass is 10.1. The third kappa shape index (κ3) is 5.37. The third-order valence-electron chi connectivity index (χ3n) is 5.30. The van der Waals surface area contributed by atoms with Gasteiger partial charge in [0.2, 0.25) is 0 Å². The first-order valence-electron chi connectivity index (χ1n) is 10.8. The van der Waals surface area contributed by atoms with Crippen molar-refractivity contribution >= 4 is 29.2 Å². The summed E-state index contributed by atoms with van der Waals surface area (Å²) in [7, 11) is 0. The van der Waals surface area contributed by atoms with Gasteiger partial charge in [0, 0.05) is 11.8 Å². The van der Waals surface area contributed by atoms with E-state index in [-0.39, 0.29) is 18.6 Å². The number of rotatable bonds is 10. The zero-order valence-electron chi connectivity index (χ0n) is 18.7. The van der Waals surface area contributed by atoms with E-state index in [4.69, 9.17) is 10.5 Å². The van der Waals surface area contributed by atoms with E-state index >= 15 is 0 Å². The number of fused-ring (bicyclic) bond motifs is 1. The van der Waals surface area contributed by atoms with Crippen LogP contribution in [0, 0.1) is 0 Å². The molecular weight excluding hydrogens is 450 g/mol. The maximum atomic E-state index is 13.1. The molecule has 3 N–H and O–H groups in total. The highest BCUT2D eigenvalue weighted by molar-refractivity contribution is 7.98. The highest BCUT2D eigenvalue weighted by Gasteiger charge is 2.21. The number of nitrogens with zero attached hydrogens (tertiary/aromatic N) is 3. The number of hydrogen-bond acceptors (Lipinski definition) is 6. The Kier molecular flexibility index (Phi) is 7.44. The molecule has 0 radical (unpaired) electrons. The zero-order valence-corrected chi connectivity index (χ0v) is 19.5. The Hall–Kier alpha value is -3.85. The molecule has 2 heterocycles. The first-order chi connectivity index (χ1) is 16.6. The lowest BCUT2D eigenvalue weighted by molar-refractivity contribution is 0.0932. The number of aromatic nitrogens is 3. The van der Waals surface area contributed by atoms with Crippen LogP contribution in [0.15, 0.2) is 72.9 Å². The van der Waals surface area contributed by atoms with Gasteiger partial charge in [0.1, 0.15) is 12.4 Å². The topological polar surface area (TPSA) is 112 Å². The van der Waals surface area contributed by atoms with Crippen LogP contribution < -0.4 is 15.8 Å². The average molecular weight is 476 g/mol. The Labute approximate surface area is 201 Å². The van der Waals surface area contributed by atoms with Crippen molar-refractivity contribution in [1.29, 1.82) is 0 Å². The molecule has 9 heteroatoms. The number of pyridine rings is 1. The van der Waals surface area contributed by atoms with Crippen LogP contribution in [0.3, 0.4) is 0 Å². The minimum atomic E-state index is -0.555. The first-order valence-corrected chi connectivity index (χ1v) is 12.2. The van der Waals surface area contributed by atoms with Gasteiger partial charge in [0.15, 0.2) is 11.5 Å². The summed E-state index contributed by atoms with van der Waals surface area (Å²) in [6, 6.07) is 19.4. The van der Waals surface area contributed by atoms with Crippen molar-refractivity contribution in [3.05, 3.63) is 95.4 Å². The van der Waals surface area contributed by atoms with E-state index in [1.807, 2.05) is 41.1 Å². The van der Waals surface area contributed by atoms with Crippen LogP contribution in [0.25, 0.3) is 5.65 Å². The number of nitrogens with two attached hydrogens (primary N) is 1. The second kappa shape index (κ2) is 10.8. The van der Waals surface area contributed by atoms with Crippen LogP contribution in [-0.4, -0.2) is 38.4 Å². The van der Waals surface area contributed by atoms with Crippen molar-refractivity contribution in [1.82, 2.24) is 19.9 Å². The van der Waals surface area contributed by atoms with Crippen LogP contribution in [0.2, 0.25) is 0 Å². The number of thioether (sulfide) groups is 1. The molecule has 4 rings (SSSR count). The van der Waals surface area contributed by atoms with Crippen molar-refractivity contribution in [3.8, 4) is 5.75 Å². The average Bonchev–Trinajstić information content (AvgIpc) is 3.29. The summed E-state index contributed by atoms with van der Waals surface area (Å²) in [5.74, 6) is 1.19. The number of carbonyl (C=O) groups excluding carboxylic acids is 2. The minimum Gasteiger partial charge on any atom is -0.488 e. The molecule has 8 nitrogen and oxygen atoms in total. The van der Waals surface area contributed by atoms with Gasteiger partial charge in [-0.1, -0.05) is 30.3 Å². The van der Waals surface area contributed by atoms with Crippen LogP contribution in [0.4, 0.5) is 0 Å². The van der Waals surface area contributed by atoms with Gasteiger partial charge in [-0.3, -0.25) is 14.0 Å². The molecule has 0 aliphatic heterocycles. The fourth-order valence-electron chi connectivity index (χ4n) is 3.60. The van der Waals surface area contributed by atoms with E-state index in [1.165, 1.54) is 0 Å². The van der Waals surface area contributed by atoms with E-state index < -0.39 is 5.91 Å². The highest BCUT2D eigenvalue weighted by atomic mass is 32.2. The number of hydrogen-bond donors (Lipinski definition) is 2. The second-order valence-corrected chi connectivity index (χ2v) is 8.63. The number of para-hydroxylation sites is 1. The number of benzene rings is 2.